The Bertz CT molecular complexity index is 1150. The second kappa shape index (κ2) is 9.50. The van der Waals surface area contributed by atoms with Gasteiger partial charge in [-0.25, -0.2) is 19.3 Å². The number of fused-ring (bicyclic) bond motifs is 1. The molecule has 0 aliphatic carbocycles. The first kappa shape index (κ1) is 23.2. The molecule has 3 aromatic rings. The number of alkyl halides is 3. The van der Waals surface area contributed by atoms with Gasteiger partial charge in [-0.05, 0) is 31.2 Å². The number of nitrogens with zero attached hydrogens (tertiary/aromatic N) is 4. The zero-order valence-corrected chi connectivity index (χ0v) is 18.2. The monoisotopic (exact) mass is 484 g/mol. The number of halogens is 5. The Morgan fingerprint density at radius 1 is 1.30 bits per heavy atom. The van der Waals surface area contributed by atoms with E-state index in [9.17, 15) is 22.4 Å². The summed E-state index contributed by atoms with van der Waals surface area (Å²) in [6.45, 7) is 0.935. The summed E-state index contributed by atoms with van der Waals surface area (Å²) in [6, 6.07) is 1.71. The van der Waals surface area contributed by atoms with E-state index in [4.69, 9.17) is 11.6 Å². The summed E-state index contributed by atoms with van der Waals surface area (Å²) in [6.07, 6.45) is 0.267. The molecule has 33 heavy (non-hydrogen) atoms. The average molecular weight is 485 g/mol. The first-order chi connectivity index (χ1) is 15.7. The molecular formula is C21H21ClF4N6O. The topological polar surface area (TPSA) is 86.8 Å². The molecule has 12 heteroatoms. The molecule has 0 radical (unpaired) electrons. The molecule has 1 saturated heterocycles. The van der Waals surface area contributed by atoms with Gasteiger partial charge < -0.3 is 15.2 Å². The molecule has 1 atom stereocenters. The highest BCUT2D eigenvalue weighted by atomic mass is 35.5. The number of piperidine rings is 1. The van der Waals surface area contributed by atoms with Crippen molar-refractivity contribution in [2.45, 2.75) is 31.9 Å². The predicted octanol–water partition coefficient (Wildman–Crippen LogP) is 4.81. The third-order valence-corrected chi connectivity index (χ3v) is 5.76. The fourth-order valence-corrected chi connectivity index (χ4v) is 4.15. The number of aromatic nitrogens is 4. The molecule has 1 aliphatic rings. The Morgan fingerprint density at radius 2 is 2.12 bits per heavy atom. The number of amides is 1. The molecular weight excluding hydrogens is 464 g/mol. The fraction of sp³-hybridized carbons (Fsp3) is 0.429. The second-order valence-corrected chi connectivity index (χ2v) is 8.43. The maximum Gasteiger partial charge on any atom is 0.397 e. The van der Waals surface area contributed by atoms with Crippen LogP contribution in [0.25, 0.3) is 22.4 Å². The molecule has 1 fully saturated rings. The van der Waals surface area contributed by atoms with E-state index >= 15 is 0 Å². The van der Waals surface area contributed by atoms with Crippen LogP contribution in [0.15, 0.2) is 24.7 Å². The van der Waals surface area contributed by atoms with Gasteiger partial charge in [-0.15, -0.1) is 0 Å². The van der Waals surface area contributed by atoms with Crippen molar-refractivity contribution >= 4 is 34.4 Å². The Kier molecular flexibility index (Phi) is 6.68. The molecule has 0 saturated carbocycles. The first-order valence-electron chi connectivity index (χ1n) is 10.4. The van der Waals surface area contributed by atoms with Crippen molar-refractivity contribution < 1.29 is 22.4 Å². The molecule has 4 rings (SSSR count). The molecule has 0 aromatic carbocycles. The number of anilines is 1. The van der Waals surface area contributed by atoms with Crippen LogP contribution in [0.1, 0.15) is 25.7 Å². The lowest BCUT2D eigenvalue weighted by Crippen LogP contribution is -2.42. The van der Waals surface area contributed by atoms with Gasteiger partial charge in [0.15, 0.2) is 17.5 Å². The minimum absolute atomic E-state index is 0.0187. The number of hydrogen-bond donors (Lipinski definition) is 2. The maximum absolute atomic E-state index is 14.3. The summed E-state index contributed by atoms with van der Waals surface area (Å²) in [4.78, 5) is 28.7. The van der Waals surface area contributed by atoms with Crippen LogP contribution in [0.4, 0.5) is 23.4 Å². The van der Waals surface area contributed by atoms with Gasteiger partial charge in [0.05, 0.1) is 11.2 Å². The molecule has 3 aromatic heterocycles. The number of likely N-dealkylation sites (tertiary alicyclic amines) is 1. The summed E-state index contributed by atoms with van der Waals surface area (Å²) in [7, 11) is 0. The highest BCUT2D eigenvalue weighted by Gasteiger charge is 2.35. The number of H-pyrrole nitrogens is 1. The van der Waals surface area contributed by atoms with Crippen LogP contribution in [0.3, 0.4) is 0 Å². The Hall–Kier alpha value is -2.95. The Morgan fingerprint density at radius 3 is 2.91 bits per heavy atom. The number of nitrogens with one attached hydrogen (secondary N) is 2. The van der Waals surface area contributed by atoms with E-state index in [0.29, 0.717) is 47.6 Å². The van der Waals surface area contributed by atoms with Crippen LogP contribution in [-0.4, -0.2) is 56.6 Å². The van der Waals surface area contributed by atoms with Gasteiger partial charge in [-0.1, -0.05) is 11.6 Å². The third kappa shape index (κ3) is 5.70. The predicted molar refractivity (Wildman–Crippen MR) is 115 cm³/mol. The molecule has 2 N–H and O–H groups in total. The average Bonchev–Trinajstić information content (AvgIpc) is 3.17. The van der Waals surface area contributed by atoms with Gasteiger partial charge in [-0.2, -0.15) is 13.2 Å². The molecule has 4 heterocycles. The zero-order valence-electron chi connectivity index (χ0n) is 17.4. The summed E-state index contributed by atoms with van der Waals surface area (Å²) >= 11 is 6.03. The Labute approximate surface area is 191 Å². The quantitative estimate of drug-likeness (QED) is 0.490. The lowest BCUT2D eigenvalue weighted by atomic mass is 9.94. The maximum atomic E-state index is 14.3. The minimum atomic E-state index is -4.51. The molecule has 0 spiro atoms. The van der Waals surface area contributed by atoms with E-state index in [2.05, 4.69) is 25.3 Å². The lowest BCUT2D eigenvalue weighted by Gasteiger charge is -2.33. The number of hydrogen-bond acceptors (Lipinski definition) is 5. The minimum Gasteiger partial charge on any atom is -0.368 e. The summed E-state index contributed by atoms with van der Waals surface area (Å²) in [5.74, 6) is -1.20. The first-order valence-corrected chi connectivity index (χ1v) is 10.8. The van der Waals surface area contributed by atoms with E-state index in [1.54, 1.807) is 12.3 Å². The lowest BCUT2D eigenvalue weighted by molar-refractivity contribution is -0.162. The van der Waals surface area contributed by atoms with Crippen molar-refractivity contribution in [3.05, 3.63) is 35.5 Å². The highest BCUT2D eigenvalue weighted by Crippen LogP contribution is 2.29. The number of carbonyl (C=O) groups excluding carboxylic acids is 1. The SMILES string of the molecule is O=C(CC(F)(F)F)N1CCC[C@@H](CCNc2nc(-c3c[nH]c4ncc(Cl)cc34)ncc2F)C1. The van der Waals surface area contributed by atoms with Crippen LogP contribution >= 0.6 is 11.6 Å². The van der Waals surface area contributed by atoms with Crippen LogP contribution in [0, 0.1) is 11.7 Å². The van der Waals surface area contributed by atoms with Gasteiger partial charge >= 0.3 is 6.18 Å². The van der Waals surface area contributed by atoms with Gasteiger partial charge in [0.2, 0.25) is 5.91 Å². The molecule has 0 bridgehead atoms. The van der Waals surface area contributed by atoms with E-state index < -0.39 is 24.3 Å². The number of aromatic amines is 1. The van der Waals surface area contributed by atoms with Gasteiger partial charge in [-0.3, -0.25) is 4.79 Å². The van der Waals surface area contributed by atoms with Gasteiger partial charge in [0.25, 0.3) is 0 Å². The van der Waals surface area contributed by atoms with E-state index in [1.165, 1.54) is 11.1 Å². The van der Waals surface area contributed by atoms with Crippen molar-refractivity contribution in [2.24, 2.45) is 5.92 Å². The van der Waals surface area contributed by atoms with Crippen molar-refractivity contribution in [1.82, 2.24) is 24.8 Å². The highest BCUT2D eigenvalue weighted by molar-refractivity contribution is 6.31. The van der Waals surface area contributed by atoms with Crippen LogP contribution in [0.2, 0.25) is 5.02 Å². The van der Waals surface area contributed by atoms with E-state index in [-0.39, 0.29) is 24.1 Å². The molecule has 7 nitrogen and oxygen atoms in total. The van der Waals surface area contributed by atoms with Gasteiger partial charge in [0.1, 0.15) is 12.1 Å². The van der Waals surface area contributed by atoms with Crippen molar-refractivity contribution in [2.75, 3.05) is 25.0 Å². The fourth-order valence-electron chi connectivity index (χ4n) is 3.99. The number of pyridine rings is 1. The van der Waals surface area contributed by atoms with Crippen molar-refractivity contribution in [3.63, 3.8) is 0 Å². The zero-order chi connectivity index (χ0) is 23.6. The van der Waals surface area contributed by atoms with E-state index in [1.807, 2.05) is 0 Å². The number of rotatable bonds is 6. The normalized spacial score (nSPS) is 16.9. The van der Waals surface area contributed by atoms with Crippen molar-refractivity contribution in [1.29, 1.82) is 0 Å². The molecule has 0 unspecified atom stereocenters. The van der Waals surface area contributed by atoms with Crippen LogP contribution in [0.5, 0.6) is 0 Å². The van der Waals surface area contributed by atoms with Crippen LogP contribution < -0.4 is 5.32 Å². The summed E-state index contributed by atoms with van der Waals surface area (Å²) in [5.41, 5.74) is 1.22. The van der Waals surface area contributed by atoms with Gasteiger partial charge in [0, 0.05) is 43.0 Å². The Balaban J connectivity index is 1.39. The van der Waals surface area contributed by atoms with E-state index in [0.717, 1.165) is 12.6 Å². The molecule has 176 valence electrons. The third-order valence-electron chi connectivity index (χ3n) is 5.55. The largest absolute Gasteiger partial charge is 0.397 e. The molecule has 1 amide bonds. The van der Waals surface area contributed by atoms with Crippen LogP contribution in [-0.2, 0) is 4.79 Å². The second-order valence-electron chi connectivity index (χ2n) is 8.00. The smallest absolute Gasteiger partial charge is 0.368 e. The summed E-state index contributed by atoms with van der Waals surface area (Å²) in [5, 5.41) is 4.09. The summed E-state index contributed by atoms with van der Waals surface area (Å²) < 4.78 is 51.8. The van der Waals surface area contributed by atoms with Crippen molar-refractivity contribution in [3.8, 4) is 11.4 Å². The standard InChI is InChI=1S/C21H21ClF4N6O/c22-13-6-14-15(9-29-18(14)28-8-13)19-30-10-16(23)20(31-19)27-4-3-12-2-1-5-32(11-12)17(33)7-21(24,25)26/h6,8-10,12H,1-5,7,11H2,(H,28,29)(H,27,30,31)/t12-/m0/s1. The number of carbonyl (C=O) groups is 1. The molecule has 1 aliphatic heterocycles.